The number of halogens is 1. The van der Waals surface area contributed by atoms with Crippen LogP contribution in [-0.4, -0.2) is 46.3 Å². The van der Waals surface area contributed by atoms with Crippen LogP contribution >= 0.6 is 11.6 Å². The van der Waals surface area contributed by atoms with Crippen LogP contribution < -0.4 is 16.4 Å². The van der Waals surface area contributed by atoms with Crippen LogP contribution in [0.2, 0.25) is 5.02 Å². The molecular formula is C28H27ClN6O3. The number of anilines is 2. The minimum atomic E-state index is -0.457. The van der Waals surface area contributed by atoms with E-state index in [9.17, 15) is 9.59 Å². The zero-order chi connectivity index (χ0) is 26.7. The van der Waals surface area contributed by atoms with Gasteiger partial charge in [0.15, 0.2) is 5.69 Å². The molecule has 1 saturated heterocycles. The summed E-state index contributed by atoms with van der Waals surface area (Å²) >= 11 is 6.40. The molecule has 1 fully saturated rings. The first-order chi connectivity index (χ1) is 18.4. The van der Waals surface area contributed by atoms with Gasteiger partial charge >= 0.3 is 0 Å². The summed E-state index contributed by atoms with van der Waals surface area (Å²) in [5.74, 6) is -0.0909. The van der Waals surface area contributed by atoms with Crippen molar-refractivity contribution in [1.82, 2.24) is 20.1 Å². The zero-order valence-corrected chi connectivity index (χ0v) is 21.5. The molecule has 0 radical (unpaired) electrons. The molecule has 0 saturated carbocycles. The molecule has 0 bridgehead atoms. The summed E-state index contributed by atoms with van der Waals surface area (Å²) in [7, 11) is 0. The van der Waals surface area contributed by atoms with Crippen molar-refractivity contribution in [2.24, 2.45) is 5.41 Å². The number of hydrogen-bond acceptors (Lipinski definition) is 6. The predicted octanol–water partition coefficient (Wildman–Crippen LogP) is 4.58. The summed E-state index contributed by atoms with van der Waals surface area (Å²) in [6.07, 6.45) is 0.901. The minimum Gasteiger partial charge on any atom is -0.384 e. The van der Waals surface area contributed by atoms with E-state index in [0.29, 0.717) is 48.3 Å². The molecule has 10 heteroatoms. The molecule has 4 N–H and O–H groups in total. The van der Waals surface area contributed by atoms with Crippen molar-refractivity contribution in [2.45, 2.75) is 13.3 Å². The second kappa shape index (κ2) is 10.6. The lowest BCUT2D eigenvalue weighted by atomic mass is 9.83. The maximum atomic E-state index is 13.4. The molecule has 5 rings (SSSR count). The quantitative estimate of drug-likeness (QED) is 0.306. The lowest BCUT2D eigenvalue weighted by Gasteiger charge is -2.40. The van der Waals surface area contributed by atoms with E-state index in [1.165, 1.54) is 4.68 Å². The van der Waals surface area contributed by atoms with Crippen LogP contribution in [0.1, 0.15) is 34.2 Å². The van der Waals surface area contributed by atoms with Gasteiger partial charge in [0.05, 0.1) is 35.2 Å². The van der Waals surface area contributed by atoms with E-state index in [1.807, 2.05) is 30.3 Å². The number of benzene rings is 2. The van der Waals surface area contributed by atoms with Crippen molar-refractivity contribution in [3.05, 3.63) is 89.1 Å². The number of nitrogens with zero attached hydrogens (tertiary/aromatic N) is 3. The fraction of sp³-hybridized carbons (Fsp3) is 0.214. The number of pyridine rings is 1. The molecule has 2 aromatic heterocycles. The average Bonchev–Trinajstić information content (AvgIpc) is 3.32. The summed E-state index contributed by atoms with van der Waals surface area (Å²) in [4.78, 5) is 30.7. The molecule has 2 amide bonds. The molecule has 4 aromatic rings. The molecule has 0 aliphatic carbocycles. The number of ether oxygens (including phenoxy) is 1. The third-order valence-corrected chi connectivity index (χ3v) is 6.98. The van der Waals surface area contributed by atoms with Crippen molar-refractivity contribution in [3.8, 4) is 16.9 Å². The Balaban J connectivity index is 1.43. The number of carbonyl (C=O) groups excluding carboxylic acids is 2. The van der Waals surface area contributed by atoms with Crippen molar-refractivity contribution in [2.75, 3.05) is 30.8 Å². The van der Waals surface area contributed by atoms with Gasteiger partial charge in [-0.25, -0.2) is 9.67 Å². The minimum absolute atomic E-state index is 0.0469. The second-order valence-corrected chi connectivity index (χ2v) is 9.69. The smallest absolute Gasteiger partial charge is 0.271 e. The number of nitrogens with two attached hydrogens (primary N) is 1. The molecule has 1 aliphatic rings. The number of nitrogen functional groups attached to an aromatic ring is 1. The van der Waals surface area contributed by atoms with Gasteiger partial charge in [-0.05, 0) is 42.8 Å². The van der Waals surface area contributed by atoms with E-state index in [4.69, 9.17) is 22.1 Å². The van der Waals surface area contributed by atoms with Crippen molar-refractivity contribution < 1.29 is 14.3 Å². The van der Waals surface area contributed by atoms with Crippen molar-refractivity contribution in [3.63, 3.8) is 0 Å². The third-order valence-electron chi connectivity index (χ3n) is 6.65. The number of aromatic nitrogens is 3. The maximum absolute atomic E-state index is 13.4. The van der Waals surface area contributed by atoms with Crippen LogP contribution in [0.4, 0.5) is 11.6 Å². The van der Waals surface area contributed by atoms with Gasteiger partial charge in [0.1, 0.15) is 11.6 Å². The molecule has 9 nitrogen and oxygen atoms in total. The summed E-state index contributed by atoms with van der Waals surface area (Å²) in [6, 6.07) is 21.1. The monoisotopic (exact) mass is 530 g/mol. The summed E-state index contributed by atoms with van der Waals surface area (Å²) in [5, 5.41) is 10.6. The highest BCUT2D eigenvalue weighted by atomic mass is 35.5. The van der Waals surface area contributed by atoms with E-state index >= 15 is 0 Å². The van der Waals surface area contributed by atoms with Crippen LogP contribution in [-0.2, 0) is 4.74 Å². The van der Waals surface area contributed by atoms with Crippen molar-refractivity contribution >= 4 is 35.1 Å². The van der Waals surface area contributed by atoms with Crippen LogP contribution in [0.15, 0.2) is 72.8 Å². The van der Waals surface area contributed by atoms with Gasteiger partial charge in [0.25, 0.3) is 11.8 Å². The van der Waals surface area contributed by atoms with Gasteiger partial charge in [-0.1, -0.05) is 48.9 Å². The second-order valence-electron chi connectivity index (χ2n) is 9.29. The Kier molecular flexibility index (Phi) is 7.13. The molecule has 194 valence electrons. The van der Waals surface area contributed by atoms with Gasteiger partial charge in [-0.2, -0.15) is 5.10 Å². The fourth-order valence-corrected chi connectivity index (χ4v) is 4.39. The van der Waals surface area contributed by atoms with Crippen LogP contribution in [0, 0.1) is 5.41 Å². The molecule has 2 aromatic carbocycles. The molecule has 0 unspecified atom stereocenters. The molecule has 0 spiro atoms. The van der Waals surface area contributed by atoms with E-state index in [0.717, 1.165) is 6.42 Å². The fourth-order valence-electron chi connectivity index (χ4n) is 4.18. The maximum Gasteiger partial charge on any atom is 0.271 e. The highest BCUT2D eigenvalue weighted by Crippen LogP contribution is 2.30. The number of carbonyl (C=O) groups is 2. The lowest BCUT2D eigenvalue weighted by molar-refractivity contribution is -0.111. The van der Waals surface area contributed by atoms with Gasteiger partial charge in [-0.15, -0.1) is 0 Å². The van der Waals surface area contributed by atoms with Gasteiger partial charge in [0, 0.05) is 23.6 Å². The Morgan fingerprint density at radius 3 is 2.53 bits per heavy atom. The van der Waals surface area contributed by atoms with Gasteiger partial charge in [-0.3, -0.25) is 9.59 Å². The first-order valence-corrected chi connectivity index (χ1v) is 12.6. The summed E-state index contributed by atoms with van der Waals surface area (Å²) < 4.78 is 6.87. The first kappa shape index (κ1) is 25.4. The van der Waals surface area contributed by atoms with Crippen LogP contribution in [0.3, 0.4) is 0 Å². The first-order valence-electron chi connectivity index (χ1n) is 12.2. The Bertz CT molecular complexity index is 1480. The SMILES string of the molecule is CCC1(CNC(=O)c2cc(NC(=O)c3cc(-c4cccc(N)n4)ccc3Cl)n(-c3ccccc3)n2)COC1. The summed E-state index contributed by atoms with van der Waals surface area (Å²) in [6.45, 7) is 3.81. The Labute approximate surface area is 225 Å². The third kappa shape index (κ3) is 5.25. The highest BCUT2D eigenvalue weighted by Gasteiger charge is 2.37. The number of para-hydroxylation sites is 1. The van der Waals surface area contributed by atoms with Crippen LogP contribution in [0.25, 0.3) is 16.9 Å². The topological polar surface area (TPSA) is 124 Å². The Morgan fingerprint density at radius 2 is 1.84 bits per heavy atom. The van der Waals surface area contributed by atoms with E-state index in [2.05, 4.69) is 27.6 Å². The Hall–Kier alpha value is -4.21. The largest absolute Gasteiger partial charge is 0.384 e. The van der Waals surface area contributed by atoms with E-state index < -0.39 is 5.91 Å². The number of nitrogens with one attached hydrogen (secondary N) is 2. The normalized spacial score (nSPS) is 13.9. The van der Waals surface area contributed by atoms with Crippen LogP contribution in [0.5, 0.6) is 0 Å². The summed E-state index contributed by atoms with van der Waals surface area (Å²) in [5.41, 5.74) is 8.19. The molecule has 38 heavy (non-hydrogen) atoms. The molecule has 1 aliphatic heterocycles. The number of rotatable bonds is 8. The van der Waals surface area contributed by atoms with E-state index in [1.54, 1.807) is 42.5 Å². The standard InChI is InChI=1S/C28H27ClN6O3/c1-2-28(16-38-17-28)15-31-27(37)23-14-25(35(34-23)19-7-4-3-5-8-19)33-26(36)20-13-18(11-12-21(20)29)22-9-6-10-24(30)32-22/h3-14H,2,15-17H2,1H3,(H2,30,32)(H,31,37)(H,33,36). The molecule has 0 atom stereocenters. The predicted molar refractivity (Wildman–Crippen MR) is 146 cm³/mol. The number of amides is 2. The van der Waals surface area contributed by atoms with Crippen molar-refractivity contribution in [1.29, 1.82) is 0 Å². The van der Waals surface area contributed by atoms with Gasteiger partial charge in [0.2, 0.25) is 0 Å². The molecule has 3 heterocycles. The zero-order valence-electron chi connectivity index (χ0n) is 20.8. The van der Waals surface area contributed by atoms with E-state index in [-0.39, 0.29) is 27.6 Å². The highest BCUT2D eigenvalue weighted by molar-refractivity contribution is 6.34. The van der Waals surface area contributed by atoms with Gasteiger partial charge < -0.3 is 21.1 Å². The lowest BCUT2D eigenvalue weighted by Crippen LogP contribution is -2.50. The molecular weight excluding hydrogens is 504 g/mol. The Morgan fingerprint density at radius 1 is 1.05 bits per heavy atom. The number of hydrogen-bond donors (Lipinski definition) is 3. The average molecular weight is 531 g/mol.